The molecule has 0 radical (unpaired) electrons. The molecule has 0 N–H and O–H groups in total. The largest absolute Gasteiger partial charge is 0.338 e. The van der Waals surface area contributed by atoms with E-state index in [1.54, 1.807) is 0 Å². The van der Waals surface area contributed by atoms with Crippen molar-refractivity contribution in [2.24, 2.45) is 0 Å². The van der Waals surface area contributed by atoms with Gasteiger partial charge in [0.1, 0.15) is 0 Å². The number of likely N-dealkylation sites (tertiary alicyclic amines) is 1. The van der Waals surface area contributed by atoms with Crippen LogP contribution in [0.5, 0.6) is 0 Å². The molecule has 0 bridgehead atoms. The molecule has 2 aromatic carbocycles. The summed E-state index contributed by atoms with van der Waals surface area (Å²) in [5, 5.41) is 0. The van der Waals surface area contributed by atoms with Gasteiger partial charge < -0.3 is 9.80 Å². The number of aryl methyl sites for hydroxylation is 1. The third kappa shape index (κ3) is 5.61. The quantitative estimate of drug-likeness (QED) is 0.620. The molecule has 1 aliphatic carbocycles. The maximum absolute atomic E-state index is 13.3. The Kier molecular flexibility index (Phi) is 7.52. The zero-order chi connectivity index (χ0) is 24.2. The fourth-order valence-electron chi connectivity index (χ4n) is 6.16. The van der Waals surface area contributed by atoms with E-state index in [1.807, 2.05) is 53.1 Å². The summed E-state index contributed by atoms with van der Waals surface area (Å²) in [5.41, 5.74) is 3.89. The number of piperidine rings is 1. The first-order valence-electron chi connectivity index (χ1n) is 13.6. The smallest absolute Gasteiger partial charge is 0.253 e. The lowest BCUT2D eigenvalue weighted by Crippen LogP contribution is -2.52. The van der Waals surface area contributed by atoms with E-state index in [1.165, 1.54) is 37.7 Å². The lowest BCUT2D eigenvalue weighted by molar-refractivity contribution is 0.0522. The summed E-state index contributed by atoms with van der Waals surface area (Å²) in [6.07, 6.45) is 8.77. The van der Waals surface area contributed by atoms with Crippen LogP contribution < -0.4 is 0 Å². The molecule has 1 atom stereocenters. The summed E-state index contributed by atoms with van der Waals surface area (Å²) >= 11 is 0. The Bertz CT molecular complexity index is 1020. The molecule has 1 saturated carbocycles. The molecule has 35 heavy (non-hydrogen) atoms. The van der Waals surface area contributed by atoms with Crippen LogP contribution in [-0.2, 0) is 0 Å². The minimum Gasteiger partial charge on any atom is -0.338 e. The predicted octanol–water partition coefficient (Wildman–Crippen LogP) is 5.11. The Morgan fingerprint density at radius 3 is 2.17 bits per heavy atom. The SMILES string of the molecule is Cc1ccc(C(=O)N2CCC[C@@H](c3cccc(C(=O)N4CCN(C5CCCCC5)CC4)c3)C2)cc1. The van der Waals surface area contributed by atoms with Gasteiger partial charge in [-0.2, -0.15) is 0 Å². The molecule has 0 spiro atoms. The molecule has 3 aliphatic rings. The summed E-state index contributed by atoms with van der Waals surface area (Å²) in [6, 6.07) is 16.8. The van der Waals surface area contributed by atoms with Gasteiger partial charge in [0.2, 0.25) is 0 Å². The highest BCUT2D eigenvalue weighted by Crippen LogP contribution is 2.29. The number of nitrogens with zero attached hydrogens (tertiary/aromatic N) is 3. The summed E-state index contributed by atoms with van der Waals surface area (Å²) in [6.45, 7) is 7.18. The molecular weight excluding hydrogens is 434 g/mol. The standard InChI is InChI=1S/C30H39N3O2/c1-23-12-14-24(15-13-23)29(34)33-16-6-9-27(22-33)25-7-5-8-26(21-25)30(35)32-19-17-31(18-20-32)28-10-3-2-4-11-28/h5,7-8,12-15,21,27-28H,2-4,6,9-11,16-20,22H2,1H3/t27-/m1/s1. The number of carbonyl (C=O) groups excluding carboxylic acids is 2. The van der Waals surface area contributed by atoms with Crippen molar-refractivity contribution in [2.75, 3.05) is 39.3 Å². The molecule has 0 unspecified atom stereocenters. The minimum absolute atomic E-state index is 0.109. The summed E-state index contributed by atoms with van der Waals surface area (Å²) < 4.78 is 0. The first-order valence-corrected chi connectivity index (χ1v) is 13.6. The van der Waals surface area contributed by atoms with Crippen molar-refractivity contribution in [3.8, 4) is 0 Å². The molecule has 2 aromatic rings. The van der Waals surface area contributed by atoms with Crippen molar-refractivity contribution < 1.29 is 9.59 Å². The van der Waals surface area contributed by atoms with Gasteiger partial charge in [-0.25, -0.2) is 0 Å². The molecule has 2 saturated heterocycles. The second-order valence-corrected chi connectivity index (χ2v) is 10.7. The summed E-state index contributed by atoms with van der Waals surface area (Å²) in [5.74, 6) is 0.533. The van der Waals surface area contributed by atoms with Crippen LogP contribution in [0.4, 0.5) is 0 Å². The van der Waals surface area contributed by atoms with Gasteiger partial charge in [-0.05, 0) is 62.4 Å². The zero-order valence-corrected chi connectivity index (χ0v) is 21.1. The number of hydrogen-bond donors (Lipinski definition) is 0. The van der Waals surface area contributed by atoms with Crippen molar-refractivity contribution in [1.29, 1.82) is 0 Å². The third-order valence-electron chi connectivity index (χ3n) is 8.30. The van der Waals surface area contributed by atoms with E-state index < -0.39 is 0 Å². The van der Waals surface area contributed by atoms with Gasteiger partial charge in [0.05, 0.1) is 0 Å². The average molecular weight is 474 g/mol. The van der Waals surface area contributed by atoms with Crippen molar-refractivity contribution in [2.45, 2.75) is 63.8 Å². The average Bonchev–Trinajstić information content (AvgIpc) is 2.93. The number of hydrogen-bond acceptors (Lipinski definition) is 3. The van der Waals surface area contributed by atoms with E-state index in [4.69, 9.17) is 0 Å². The van der Waals surface area contributed by atoms with Gasteiger partial charge in [-0.1, -0.05) is 49.1 Å². The van der Waals surface area contributed by atoms with Crippen LogP contribution in [0.15, 0.2) is 48.5 Å². The first-order chi connectivity index (χ1) is 17.1. The summed E-state index contributed by atoms with van der Waals surface area (Å²) in [4.78, 5) is 33.0. The lowest BCUT2D eigenvalue weighted by Gasteiger charge is -2.40. The molecular formula is C30H39N3O2. The highest BCUT2D eigenvalue weighted by Gasteiger charge is 2.29. The zero-order valence-electron chi connectivity index (χ0n) is 21.1. The Balaban J connectivity index is 1.21. The molecule has 3 fully saturated rings. The van der Waals surface area contributed by atoms with E-state index in [0.717, 1.165) is 68.3 Å². The van der Waals surface area contributed by atoms with Crippen LogP contribution in [0.3, 0.4) is 0 Å². The maximum Gasteiger partial charge on any atom is 0.253 e. The topological polar surface area (TPSA) is 43.9 Å². The van der Waals surface area contributed by atoms with Crippen molar-refractivity contribution in [3.63, 3.8) is 0 Å². The Hall–Kier alpha value is -2.66. The van der Waals surface area contributed by atoms with Gasteiger partial charge in [0.25, 0.3) is 11.8 Å². The second kappa shape index (κ2) is 10.9. The van der Waals surface area contributed by atoms with Gasteiger partial charge in [-0.15, -0.1) is 0 Å². The Labute approximate surface area is 210 Å². The molecule has 5 nitrogen and oxygen atoms in total. The van der Waals surface area contributed by atoms with Crippen molar-refractivity contribution >= 4 is 11.8 Å². The predicted molar refractivity (Wildman–Crippen MR) is 140 cm³/mol. The fourth-order valence-corrected chi connectivity index (χ4v) is 6.16. The Morgan fingerprint density at radius 2 is 1.43 bits per heavy atom. The molecule has 0 aromatic heterocycles. The van der Waals surface area contributed by atoms with Gasteiger partial charge >= 0.3 is 0 Å². The molecule has 2 amide bonds. The van der Waals surface area contributed by atoms with Gasteiger partial charge in [0, 0.05) is 62.4 Å². The molecule has 2 heterocycles. The van der Waals surface area contributed by atoms with Crippen LogP contribution in [0.2, 0.25) is 0 Å². The Morgan fingerprint density at radius 1 is 0.714 bits per heavy atom. The fraction of sp³-hybridized carbons (Fsp3) is 0.533. The van der Waals surface area contributed by atoms with Crippen molar-refractivity contribution in [1.82, 2.24) is 14.7 Å². The van der Waals surface area contributed by atoms with E-state index in [9.17, 15) is 9.59 Å². The first kappa shape index (κ1) is 24.1. The summed E-state index contributed by atoms with van der Waals surface area (Å²) in [7, 11) is 0. The van der Waals surface area contributed by atoms with Crippen LogP contribution >= 0.6 is 0 Å². The normalized spacial score (nSPS) is 22.3. The van der Waals surface area contributed by atoms with E-state index in [-0.39, 0.29) is 17.7 Å². The molecule has 5 heteroatoms. The number of rotatable bonds is 4. The third-order valence-corrected chi connectivity index (χ3v) is 8.30. The number of amides is 2. The van der Waals surface area contributed by atoms with Crippen LogP contribution in [0, 0.1) is 6.92 Å². The van der Waals surface area contributed by atoms with E-state index >= 15 is 0 Å². The van der Waals surface area contributed by atoms with E-state index in [0.29, 0.717) is 6.54 Å². The van der Waals surface area contributed by atoms with E-state index in [2.05, 4.69) is 17.0 Å². The van der Waals surface area contributed by atoms with Crippen LogP contribution in [0.1, 0.15) is 82.7 Å². The van der Waals surface area contributed by atoms with Gasteiger partial charge in [0.15, 0.2) is 0 Å². The van der Waals surface area contributed by atoms with Crippen LogP contribution in [0.25, 0.3) is 0 Å². The highest BCUT2D eigenvalue weighted by atomic mass is 16.2. The monoisotopic (exact) mass is 473 g/mol. The number of piperazine rings is 1. The highest BCUT2D eigenvalue weighted by molar-refractivity contribution is 5.95. The van der Waals surface area contributed by atoms with Crippen LogP contribution in [-0.4, -0.2) is 71.8 Å². The van der Waals surface area contributed by atoms with Gasteiger partial charge in [-0.3, -0.25) is 14.5 Å². The lowest BCUT2D eigenvalue weighted by atomic mass is 9.89. The number of carbonyl (C=O) groups is 2. The van der Waals surface area contributed by atoms with Crippen molar-refractivity contribution in [3.05, 3.63) is 70.8 Å². The minimum atomic E-state index is 0.109. The second-order valence-electron chi connectivity index (χ2n) is 10.7. The molecule has 5 rings (SSSR count). The molecule has 186 valence electrons. The maximum atomic E-state index is 13.3. The molecule has 2 aliphatic heterocycles. The number of benzene rings is 2.